The largest absolute Gasteiger partial charge is 0.481 e. The molecule has 2 rings (SSSR count). The fourth-order valence-corrected chi connectivity index (χ4v) is 2.99. The number of aliphatic hydroxyl groups is 1. The number of hydrogen-bond acceptors (Lipinski definition) is 4. The molecule has 17 heavy (non-hydrogen) atoms. The average Bonchev–Trinajstić information content (AvgIpc) is 2.77. The van der Waals surface area contributed by atoms with E-state index in [9.17, 15) is 9.90 Å². The second-order valence-electron chi connectivity index (χ2n) is 5.13. The first-order valence-corrected chi connectivity index (χ1v) is 6.32. The smallest absolute Gasteiger partial charge is 0.310 e. The molecule has 2 fully saturated rings. The monoisotopic (exact) mass is 243 g/mol. The molecule has 98 valence electrons. The van der Waals surface area contributed by atoms with Gasteiger partial charge in [-0.05, 0) is 19.9 Å². The van der Waals surface area contributed by atoms with Gasteiger partial charge >= 0.3 is 5.97 Å². The molecule has 0 amide bonds. The number of aliphatic carboxylic acids is 1. The Balaban J connectivity index is 2.02. The number of carboxylic acids is 1. The lowest BCUT2D eigenvalue weighted by Crippen LogP contribution is -2.51. The molecule has 2 N–H and O–H groups in total. The van der Waals surface area contributed by atoms with Gasteiger partial charge in [-0.3, -0.25) is 9.69 Å². The SMILES string of the molecule is CN(C1CCCCC1O)C1COCC1C(=O)O. The Bertz CT molecular complexity index is 284. The Hall–Kier alpha value is -0.650. The first-order chi connectivity index (χ1) is 8.11. The standard InChI is InChI=1S/C12H21NO4/c1-13(9-4-2-3-5-11(9)14)10-7-17-6-8(10)12(15)16/h8-11,14H,2-7H2,1H3,(H,15,16). The normalized spacial score (nSPS) is 38.5. The molecule has 0 bridgehead atoms. The molecule has 1 aliphatic heterocycles. The first-order valence-electron chi connectivity index (χ1n) is 6.32. The van der Waals surface area contributed by atoms with Crippen LogP contribution in [0.2, 0.25) is 0 Å². The second-order valence-corrected chi connectivity index (χ2v) is 5.13. The highest BCUT2D eigenvalue weighted by Crippen LogP contribution is 2.28. The van der Waals surface area contributed by atoms with Crippen LogP contribution in [-0.4, -0.2) is 59.5 Å². The van der Waals surface area contributed by atoms with Crippen LogP contribution in [0, 0.1) is 5.92 Å². The van der Waals surface area contributed by atoms with Gasteiger partial charge in [-0.25, -0.2) is 0 Å². The maximum absolute atomic E-state index is 11.1. The number of ether oxygens (including phenoxy) is 1. The third-order valence-corrected chi connectivity index (χ3v) is 4.11. The van der Waals surface area contributed by atoms with Gasteiger partial charge in [0.1, 0.15) is 0 Å². The number of carbonyl (C=O) groups is 1. The van der Waals surface area contributed by atoms with Gasteiger partial charge in [-0.1, -0.05) is 12.8 Å². The van der Waals surface area contributed by atoms with Crippen molar-refractivity contribution in [2.75, 3.05) is 20.3 Å². The average molecular weight is 243 g/mol. The van der Waals surface area contributed by atoms with Gasteiger partial charge in [0.25, 0.3) is 0 Å². The second kappa shape index (κ2) is 5.33. The zero-order valence-electron chi connectivity index (χ0n) is 10.2. The van der Waals surface area contributed by atoms with Crippen LogP contribution in [0.4, 0.5) is 0 Å². The highest BCUT2D eigenvalue weighted by Gasteiger charge is 2.40. The Morgan fingerprint density at radius 2 is 1.94 bits per heavy atom. The van der Waals surface area contributed by atoms with E-state index in [1.54, 1.807) is 0 Å². The van der Waals surface area contributed by atoms with E-state index in [2.05, 4.69) is 0 Å². The fourth-order valence-electron chi connectivity index (χ4n) is 2.99. The molecule has 4 atom stereocenters. The van der Waals surface area contributed by atoms with Gasteiger partial charge < -0.3 is 14.9 Å². The molecule has 5 nitrogen and oxygen atoms in total. The maximum atomic E-state index is 11.1. The third-order valence-electron chi connectivity index (χ3n) is 4.11. The molecule has 1 saturated heterocycles. The van der Waals surface area contributed by atoms with Crippen LogP contribution >= 0.6 is 0 Å². The van der Waals surface area contributed by atoms with Gasteiger partial charge in [0.2, 0.25) is 0 Å². The van der Waals surface area contributed by atoms with Gasteiger partial charge in [0, 0.05) is 12.1 Å². The van der Waals surface area contributed by atoms with Crippen LogP contribution in [0.5, 0.6) is 0 Å². The summed E-state index contributed by atoms with van der Waals surface area (Å²) < 4.78 is 5.27. The van der Waals surface area contributed by atoms with Crippen molar-refractivity contribution < 1.29 is 19.7 Å². The molecule has 0 aromatic carbocycles. The van der Waals surface area contributed by atoms with E-state index in [1.165, 1.54) is 0 Å². The predicted octanol–water partition coefficient (Wildman–Crippen LogP) is 0.321. The minimum Gasteiger partial charge on any atom is -0.481 e. The van der Waals surface area contributed by atoms with Crippen LogP contribution in [0.25, 0.3) is 0 Å². The Morgan fingerprint density at radius 1 is 1.24 bits per heavy atom. The van der Waals surface area contributed by atoms with Crippen molar-refractivity contribution in [3.05, 3.63) is 0 Å². The lowest BCUT2D eigenvalue weighted by molar-refractivity contribution is -0.143. The van der Waals surface area contributed by atoms with Gasteiger partial charge in [0.15, 0.2) is 0 Å². The molecule has 1 heterocycles. The number of aliphatic hydroxyl groups excluding tert-OH is 1. The molecular formula is C12H21NO4. The molecule has 5 heteroatoms. The summed E-state index contributed by atoms with van der Waals surface area (Å²) in [5, 5.41) is 19.1. The zero-order valence-corrected chi connectivity index (χ0v) is 10.2. The van der Waals surface area contributed by atoms with Crippen LogP contribution in [0.15, 0.2) is 0 Å². The molecule has 0 aromatic rings. The van der Waals surface area contributed by atoms with E-state index in [0.29, 0.717) is 6.61 Å². The van der Waals surface area contributed by atoms with Gasteiger partial charge in [-0.2, -0.15) is 0 Å². The Labute approximate surface area is 101 Å². The van der Waals surface area contributed by atoms with E-state index in [0.717, 1.165) is 25.7 Å². The van der Waals surface area contributed by atoms with Gasteiger partial charge in [0.05, 0.1) is 25.2 Å². The minimum atomic E-state index is -0.801. The topological polar surface area (TPSA) is 70.0 Å². The van der Waals surface area contributed by atoms with Crippen molar-refractivity contribution in [1.29, 1.82) is 0 Å². The third kappa shape index (κ3) is 2.61. The van der Waals surface area contributed by atoms with Crippen LogP contribution < -0.4 is 0 Å². The van der Waals surface area contributed by atoms with Crippen molar-refractivity contribution in [2.24, 2.45) is 5.92 Å². The molecule has 4 unspecified atom stereocenters. The summed E-state index contributed by atoms with van der Waals surface area (Å²) in [4.78, 5) is 13.1. The lowest BCUT2D eigenvalue weighted by Gasteiger charge is -2.39. The highest BCUT2D eigenvalue weighted by atomic mass is 16.5. The summed E-state index contributed by atoms with van der Waals surface area (Å²) in [5.41, 5.74) is 0. The van der Waals surface area contributed by atoms with Crippen molar-refractivity contribution in [2.45, 2.75) is 43.9 Å². The molecule has 2 aliphatic rings. The molecule has 0 aromatic heterocycles. The summed E-state index contributed by atoms with van der Waals surface area (Å²) in [6, 6.07) is -0.0254. The highest BCUT2D eigenvalue weighted by molar-refractivity contribution is 5.71. The summed E-state index contributed by atoms with van der Waals surface area (Å²) in [6.07, 6.45) is 3.61. The van der Waals surface area contributed by atoms with Crippen molar-refractivity contribution in [3.63, 3.8) is 0 Å². The summed E-state index contributed by atoms with van der Waals surface area (Å²) >= 11 is 0. The number of hydrogen-bond donors (Lipinski definition) is 2. The fraction of sp³-hybridized carbons (Fsp3) is 0.917. The predicted molar refractivity (Wildman–Crippen MR) is 61.8 cm³/mol. The quantitative estimate of drug-likeness (QED) is 0.747. The van der Waals surface area contributed by atoms with E-state index >= 15 is 0 Å². The lowest BCUT2D eigenvalue weighted by atomic mass is 9.89. The van der Waals surface area contributed by atoms with Crippen molar-refractivity contribution in [1.82, 2.24) is 4.90 Å². The van der Waals surface area contributed by atoms with E-state index in [4.69, 9.17) is 9.84 Å². The molecular weight excluding hydrogens is 222 g/mol. The maximum Gasteiger partial charge on any atom is 0.310 e. The number of nitrogens with zero attached hydrogens (tertiary/aromatic N) is 1. The number of carboxylic acid groups (broad SMARTS) is 1. The van der Waals surface area contributed by atoms with Crippen LogP contribution in [0.3, 0.4) is 0 Å². The molecule has 1 aliphatic carbocycles. The first kappa shape index (κ1) is 12.8. The molecule has 0 spiro atoms. The minimum absolute atomic E-state index is 0.0808. The van der Waals surface area contributed by atoms with Crippen molar-refractivity contribution in [3.8, 4) is 0 Å². The van der Waals surface area contributed by atoms with Crippen LogP contribution in [-0.2, 0) is 9.53 Å². The van der Waals surface area contributed by atoms with Crippen molar-refractivity contribution >= 4 is 5.97 Å². The molecule has 1 saturated carbocycles. The van der Waals surface area contributed by atoms with E-state index < -0.39 is 11.9 Å². The summed E-state index contributed by atoms with van der Waals surface area (Å²) in [7, 11) is 1.91. The Kier molecular flexibility index (Phi) is 4.01. The summed E-state index contributed by atoms with van der Waals surface area (Å²) in [6.45, 7) is 0.740. The van der Waals surface area contributed by atoms with Gasteiger partial charge in [-0.15, -0.1) is 0 Å². The molecule has 0 radical (unpaired) electrons. The van der Waals surface area contributed by atoms with E-state index in [1.807, 2.05) is 11.9 Å². The van der Waals surface area contributed by atoms with Crippen LogP contribution in [0.1, 0.15) is 25.7 Å². The summed E-state index contributed by atoms with van der Waals surface area (Å²) in [5.74, 6) is -1.27. The number of rotatable bonds is 3. The zero-order chi connectivity index (χ0) is 12.4. The Morgan fingerprint density at radius 3 is 2.59 bits per heavy atom. The number of likely N-dealkylation sites (N-methyl/N-ethyl adjacent to an activating group) is 1. The van der Waals surface area contributed by atoms with E-state index in [-0.39, 0.29) is 24.8 Å².